The van der Waals surface area contributed by atoms with Crippen LogP contribution < -0.4 is 5.32 Å². The molecular formula is C13H28N2O2. The Labute approximate surface area is 105 Å². The number of nitrogens with one attached hydrogen (secondary N) is 1. The normalized spacial score (nSPS) is 16.8. The monoisotopic (exact) mass is 244 g/mol. The Kier molecular flexibility index (Phi) is 7.39. The van der Waals surface area contributed by atoms with Gasteiger partial charge in [-0.05, 0) is 47.3 Å². The van der Waals surface area contributed by atoms with Crippen molar-refractivity contribution in [3.63, 3.8) is 0 Å². The molecule has 0 aromatic rings. The third-order valence-electron chi connectivity index (χ3n) is 3.59. The second-order valence-electron chi connectivity index (χ2n) is 5.13. The van der Waals surface area contributed by atoms with E-state index in [1.807, 2.05) is 0 Å². The summed E-state index contributed by atoms with van der Waals surface area (Å²) in [6.07, 6.45) is 4.24. The van der Waals surface area contributed by atoms with Crippen LogP contribution in [0.1, 0.15) is 46.5 Å². The minimum Gasteiger partial charge on any atom is -0.480 e. The molecule has 0 radical (unpaired) electrons. The van der Waals surface area contributed by atoms with Crippen LogP contribution in [0.15, 0.2) is 0 Å². The van der Waals surface area contributed by atoms with Crippen molar-refractivity contribution >= 4 is 5.97 Å². The summed E-state index contributed by atoms with van der Waals surface area (Å²) in [5.74, 6) is -0.784. The zero-order valence-corrected chi connectivity index (χ0v) is 11.9. The number of likely N-dealkylation sites (N-methyl/N-ethyl adjacent to an activating group) is 1. The highest BCUT2D eigenvalue weighted by atomic mass is 16.4. The topological polar surface area (TPSA) is 52.6 Å². The lowest BCUT2D eigenvalue weighted by Gasteiger charge is -2.32. The van der Waals surface area contributed by atoms with Gasteiger partial charge in [0.1, 0.15) is 5.54 Å². The Balaban J connectivity index is 4.21. The highest BCUT2D eigenvalue weighted by Gasteiger charge is 2.33. The molecule has 0 saturated carbocycles. The van der Waals surface area contributed by atoms with Gasteiger partial charge in [0, 0.05) is 6.04 Å². The molecule has 2 atom stereocenters. The van der Waals surface area contributed by atoms with Gasteiger partial charge in [0.2, 0.25) is 0 Å². The first-order valence-corrected chi connectivity index (χ1v) is 6.50. The highest BCUT2D eigenvalue weighted by Crippen LogP contribution is 2.16. The molecule has 0 aliphatic heterocycles. The van der Waals surface area contributed by atoms with Crippen molar-refractivity contribution in [2.75, 3.05) is 20.6 Å². The second-order valence-corrected chi connectivity index (χ2v) is 5.13. The third-order valence-corrected chi connectivity index (χ3v) is 3.59. The van der Waals surface area contributed by atoms with Crippen LogP contribution in [0.5, 0.6) is 0 Å². The molecule has 2 N–H and O–H groups in total. The van der Waals surface area contributed by atoms with E-state index in [2.05, 4.69) is 31.1 Å². The maximum atomic E-state index is 11.2. The number of aliphatic carboxylic acids is 1. The lowest BCUT2D eigenvalue weighted by atomic mass is 9.93. The van der Waals surface area contributed by atoms with Crippen LogP contribution in [0.2, 0.25) is 0 Å². The predicted octanol–water partition coefficient (Wildman–Crippen LogP) is 1.95. The Morgan fingerprint density at radius 1 is 1.47 bits per heavy atom. The van der Waals surface area contributed by atoms with E-state index < -0.39 is 11.5 Å². The summed E-state index contributed by atoms with van der Waals surface area (Å²) in [6, 6.07) is 0.264. The average Bonchev–Trinajstić information content (AvgIpc) is 2.28. The largest absolute Gasteiger partial charge is 0.480 e. The number of nitrogens with zero attached hydrogens (tertiary/aromatic N) is 1. The van der Waals surface area contributed by atoms with Crippen LogP contribution >= 0.6 is 0 Å². The molecule has 4 nitrogen and oxygen atoms in total. The van der Waals surface area contributed by atoms with Crippen LogP contribution in [0.25, 0.3) is 0 Å². The molecule has 0 aliphatic carbocycles. The van der Waals surface area contributed by atoms with Gasteiger partial charge in [-0.2, -0.15) is 0 Å². The third kappa shape index (κ3) is 5.50. The Morgan fingerprint density at radius 2 is 2.06 bits per heavy atom. The van der Waals surface area contributed by atoms with Crippen LogP contribution in [0.4, 0.5) is 0 Å². The molecule has 0 aromatic carbocycles. The van der Waals surface area contributed by atoms with Crippen molar-refractivity contribution in [3.05, 3.63) is 0 Å². The number of hydrogen-bond donors (Lipinski definition) is 2. The van der Waals surface area contributed by atoms with Crippen molar-refractivity contribution < 1.29 is 9.90 Å². The molecule has 0 heterocycles. The quantitative estimate of drug-likeness (QED) is 0.609. The smallest absolute Gasteiger partial charge is 0.323 e. The van der Waals surface area contributed by atoms with Gasteiger partial charge in [-0.3, -0.25) is 4.79 Å². The standard InChI is InChI=1S/C13H28N2O2/c1-6-7-8-9-15(5)11(2)10-13(3,14-4)12(16)17/h11,14H,6-10H2,1-5H3,(H,16,17). The van der Waals surface area contributed by atoms with E-state index in [0.717, 1.165) is 6.54 Å². The van der Waals surface area contributed by atoms with Gasteiger partial charge in [0.15, 0.2) is 0 Å². The Hall–Kier alpha value is -0.610. The van der Waals surface area contributed by atoms with Gasteiger partial charge < -0.3 is 15.3 Å². The zero-order valence-electron chi connectivity index (χ0n) is 11.9. The molecule has 17 heavy (non-hydrogen) atoms. The number of rotatable bonds is 9. The molecule has 0 amide bonds. The van der Waals surface area contributed by atoms with Crippen LogP contribution in [0.3, 0.4) is 0 Å². The Bertz CT molecular complexity index is 233. The van der Waals surface area contributed by atoms with E-state index >= 15 is 0 Å². The van der Waals surface area contributed by atoms with E-state index in [1.165, 1.54) is 19.3 Å². The summed E-state index contributed by atoms with van der Waals surface area (Å²) >= 11 is 0. The van der Waals surface area contributed by atoms with Crippen molar-refractivity contribution in [1.29, 1.82) is 0 Å². The minimum absolute atomic E-state index is 0.264. The number of carbonyl (C=O) groups is 1. The van der Waals surface area contributed by atoms with Gasteiger partial charge in [0.05, 0.1) is 0 Å². The summed E-state index contributed by atoms with van der Waals surface area (Å²) in [5, 5.41) is 12.1. The first kappa shape index (κ1) is 16.4. The number of hydrogen-bond acceptors (Lipinski definition) is 3. The molecule has 2 unspecified atom stereocenters. The van der Waals surface area contributed by atoms with E-state index in [-0.39, 0.29) is 6.04 Å². The SMILES string of the molecule is CCCCCN(C)C(C)CC(C)(NC)C(=O)O. The van der Waals surface area contributed by atoms with E-state index in [1.54, 1.807) is 14.0 Å². The maximum Gasteiger partial charge on any atom is 0.323 e. The van der Waals surface area contributed by atoms with E-state index in [0.29, 0.717) is 6.42 Å². The fourth-order valence-electron chi connectivity index (χ4n) is 1.87. The average molecular weight is 244 g/mol. The molecule has 0 bridgehead atoms. The second kappa shape index (κ2) is 7.67. The summed E-state index contributed by atoms with van der Waals surface area (Å²) in [6.45, 7) is 7.05. The number of carboxylic acid groups (broad SMARTS) is 1. The van der Waals surface area contributed by atoms with Gasteiger partial charge in [0.25, 0.3) is 0 Å². The van der Waals surface area contributed by atoms with Crippen molar-refractivity contribution in [2.24, 2.45) is 0 Å². The lowest BCUT2D eigenvalue weighted by Crippen LogP contribution is -2.51. The minimum atomic E-state index is -0.835. The fourth-order valence-corrected chi connectivity index (χ4v) is 1.87. The molecule has 0 fully saturated rings. The van der Waals surface area contributed by atoms with Crippen LogP contribution in [0, 0.1) is 0 Å². The molecular weight excluding hydrogens is 216 g/mol. The molecule has 4 heteroatoms. The summed E-state index contributed by atoms with van der Waals surface area (Å²) in [7, 11) is 3.77. The van der Waals surface area contributed by atoms with E-state index in [9.17, 15) is 9.90 Å². The first-order valence-electron chi connectivity index (χ1n) is 6.50. The van der Waals surface area contributed by atoms with Crippen molar-refractivity contribution in [2.45, 2.75) is 58.0 Å². The summed E-state index contributed by atoms with van der Waals surface area (Å²) in [5.41, 5.74) is -0.835. The van der Waals surface area contributed by atoms with Gasteiger partial charge in [-0.1, -0.05) is 19.8 Å². The number of unbranched alkanes of at least 4 members (excludes halogenated alkanes) is 2. The molecule has 0 saturated heterocycles. The Morgan fingerprint density at radius 3 is 2.47 bits per heavy atom. The van der Waals surface area contributed by atoms with Crippen molar-refractivity contribution in [3.8, 4) is 0 Å². The molecule has 0 aromatic heterocycles. The first-order chi connectivity index (χ1) is 7.87. The van der Waals surface area contributed by atoms with Crippen molar-refractivity contribution in [1.82, 2.24) is 10.2 Å². The van der Waals surface area contributed by atoms with Gasteiger partial charge >= 0.3 is 5.97 Å². The predicted molar refractivity (Wildman–Crippen MR) is 71.3 cm³/mol. The summed E-state index contributed by atoms with van der Waals surface area (Å²) in [4.78, 5) is 13.4. The molecule has 0 spiro atoms. The van der Waals surface area contributed by atoms with E-state index in [4.69, 9.17) is 0 Å². The highest BCUT2D eigenvalue weighted by molar-refractivity contribution is 5.78. The summed E-state index contributed by atoms with van der Waals surface area (Å²) < 4.78 is 0. The zero-order chi connectivity index (χ0) is 13.5. The maximum absolute atomic E-state index is 11.2. The molecule has 0 aliphatic rings. The van der Waals surface area contributed by atoms with Gasteiger partial charge in [-0.25, -0.2) is 0 Å². The van der Waals surface area contributed by atoms with Gasteiger partial charge in [-0.15, -0.1) is 0 Å². The molecule has 0 rings (SSSR count). The van der Waals surface area contributed by atoms with Crippen LogP contribution in [-0.2, 0) is 4.79 Å². The molecule has 102 valence electrons. The lowest BCUT2D eigenvalue weighted by molar-refractivity contribution is -0.144. The number of carboxylic acids is 1. The fraction of sp³-hybridized carbons (Fsp3) is 0.923. The van der Waals surface area contributed by atoms with Crippen LogP contribution in [-0.4, -0.2) is 48.2 Å².